The standard InChI is InChI=1S/C82H147B4ClN8O18Si6/c1-53-48-94(67(68(53)113-119(33,34)82(19,20)21)74(101)95(85-52-106-85)86-75(107-86)84-51-105-84)73(100)65(55(3)109-115(25,26)78(7,8)9)90-71(98)66(63(112-118(31,32)81(16,17)18)46-56-41-43-58(44-42-56)110-116(27,28)79(10,11)12)91-70(97)62-47-59(111-117(29,30)80(13,14)15)49-93(62)72(99)64(54(2)108-114(23,24)77(4,5)6)89-69(96)61(92-83-103-22)40-37-45-88-76(102)104-50-57-38-35-36-39-60(57)87/h35-36,38-39,41-44,53-55,59,61-68,75H,37,40,45-52H2,1-34H3,(H,88,102)(H,89,96)(H,90,98)(H,91,97). The van der Waals surface area contributed by atoms with Crippen LogP contribution in [0.2, 0.25) is 114 Å². The third-order valence-corrected chi connectivity index (χ3v) is 54.6. The van der Waals surface area contributed by atoms with Crippen LogP contribution in [0.25, 0.3) is 0 Å². The molecule has 5 aliphatic rings. The van der Waals surface area contributed by atoms with Gasteiger partial charge in [-0.25, -0.2) is 0 Å². The second-order valence-corrected chi connectivity index (χ2v) is 71.8. The van der Waals surface area contributed by atoms with E-state index in [2.05, 4.69) is 229 Å². The molecule has 37 heteroatoms. The van der Waals surface area contributed by atoms with Crippen molar-refractivity contribution < 1.29 is 83.5 Å². The summed E-state index contributed by atoms with van der Waals surface area (Å²) < 4.78 is 73.6. The van der Waals surface area contributed by atoms with Crippen molar-refractivity contribution in [3.63, 3.8) is 0 Å². The molecular weight excluding hydrogens is 1630 g/mol. The van der Waals surface area contributed by atoms with Gasteiger partial charge in [0.25, 0.3) is 0 Å². The van der Waals surface area contributed by atoms with Crippen molar-refractivity contribution in [1.29, 1.82) is 0 Å². The summed E-state index contributed by atoms with van der Waals surface area (Å²) in [5.41, 5.74) is 1.38. The second kappa shape index (κ2) is 38.7. The van der Waals surface area contributed by atoms with E-state index in [1.165, 1.54) is 12.0 Å². The zero-order valence-electron chi connectivity index (χ0n) is 78.5. The molecule has 0 radical (unpaired) electrons. The summed E-state index contributed by atoms with van der Waals surface area (Å²) in [6.07, 6.45) is -5.12. The number of hydrogen-bond donors (Lipinski definition) is 4. The number of nitrogens with zero attached hydrogens (tertiary/aromatic N) is 4. The van der Waals surface area contributed by atoms with E-state index in [1.807, 2.05) is 31.2 Å². The molecule has 5 heterocycles. The quantitative estimate of drug-likeness (QED) is 0.0277. The molecule has 119 heavy (non-hydrogen) atoms. The minimum absolute atomic E-state index is 0.0308. The van der Waals surface area contributed by atoms with E-state index in [1.54, 1.807) is 47.7 Å². The number of nitrogens with one attached hydrogen (secondary N) is 4. The molecule has 5 fully saturated rings. The number of likely N-dealkylation sites (tertiary alicyclic amines) is 2. The summed E-state index contributed by atoms with van der Waals surface area (Å²) in [5, 5.41) is 10.8. The number of benzene rings is 2. The number of hydrogen-bond acceptors (Lipinski definition) is 19. The maximum absolute atomic E-state index is 17.1. The first-order valence-corrected chi connectivity index (χ1v) is 60.7. The summed E-state index contributed by atoms with van der Waals surface area (Å²) in [4.78, 5) is 119. The van der Waals surface area contributed by atoms with E-state index < -0.39 is 188 Å². The molecule has 13 unspecified atom stereocenters. The number of ether oxygens (including phenoxy) is 1. The van der Waals surface area contributed by atoms with Gasteiger partial charge in [0, 0.05) is 19.0 Å². The first-order chi connectivity index (χ1) is 54.3. The number of carbonyl (C=O) groups excluding carboxylic acids is 7. The Kier molecular flexibility index (Phi) is 33.1. The molecule has 2 aromatic carbocycles. The summed E-state index contributed by atoms with van der Waals surface area (Å²) in [7, 11) is -15.2. The van der Waals surface area contributed by atoms with Crippen LogP contribution in [0, 0.1) is 5.92 Å². The third-order valence-electron chi connectivity index (χ3n) is 27.2. The Morgan fingerprint density at radius 1 is 0.622 bits per heavy atom. The van der Waals surface area contributed by atoms with Crippen LogP contribution in [0.15, 0.2) is 53.4 Å². The van der Waals surface area contributed by atoms with Crippen LogP contribution in [-0.4, -0.2) is 247 Å². The monoisotopic (exact) mass is 1780 g/mol. The number of carbonyl (C=O) groups is 7. The number of halogens is 1. The SMILES string of the molecule is COB=NC(CCCNC(=O)OCc1ccccc1Cl)C(=O)NC(C(=O)N1CC(O[Si](C)(C)C(C)(C)C)CC1C(=O)NC(C(=O)NC(C(=O)N1CC(C)C(O[Si](C)(C)C(C)(C)C)C1C(=O)N(B1CO1)B1OC1B1CO1)C(C)O[Si](C)(C)C(C)(C)C)C(Cc1ccc(O[Si](C)(C)C(C)(C)C)cc1)O[Si](C)(C)C(C)(C)C)C(C)O[Si](C)(C)C(C)(C)C. The summed E-state index contributed by atoms with van der Waals surface area (Å²) in [6, 6.07) is 6.43. The van der Waals surface area contributed by atoms with Crippen LogP contribution in [0.4, 0.5) is 4.79 Å². The Morgan fingerprint density at radius 3 is 1.61 bits per heavy atom. The first kappa shape index (κ1) is 102. The van der Waals surface area contributed by atoms with Crippen molar-refractivity contribution in [3.8, 4) is 5.75 Å². The van der Waals surface area contributed by atoms with Gasteiger partial charge in [0.1, 0.15) is 17.8 Å². The molecule has 2 aromatic rings. The molecule has 0 saturated carbocycles. The average molecular weight is 1780 g/mol. The van der Waals surface area contributed by atoms with Crippen LogP contribution in [0.3, 0.4) is 0 Å². The third kappa shape index (κ3) is 26.1. The van der Waals surface area contributed by atoms with Gasteiger partial charge in [-0.1, -0.05) is 129 Å². The van der Waals surface area contributed by atoms with Gasteiger partial charge in [-0.05, 0) is 104 Å². The Labute approximate surface area is 726 Å². The van der Waals surface area contributed by atoms with Gasteiger partial charge in [-0.3, -0.25) is 14.4 Å². The van der Waals surface area contributed by atoms with Gasteiger partial charge < -0.3 is 46.6 Å². The Bertz CT molecular complexity index is 3890. The Balaban J connectivity index is 1.40. The van der Waals surface area contributed by atoms with Gasteiger partial charge in [0.05, 0.1) is 24.6 Å². The molecule has 0 bridgehead atoms. The molecule has 0 aliphatic carbocycles. The van der Waals surface area contributed by atoms with Crippen molar-refractivity contribution in [3.05, 3.63) is 64.7 Å². The maximum atomic E-state index is 17.1. The molecular formula is C82H147B4ClN8O18Si6. The van der Waals surface area contributed by atoms with Crippen LogP contribution in [0.5, 0.6) is 5.75 Å². The molecule has 0 aromatic heterocycles. The number of alkyl carbamates (subject to hydrolysis) is 1. The molecule has 5 aliphatic heterocycles. The zero-order valence-corrected chi connectivity index (χ0v) is 85.3. The van der Waals surface area contributed by atoms with Crippen LogP contribution in [0.1, 0.15) is 176 Å². The predicted octanol–water partition coefficient (Wildman–Crippen LogP) is 14.1. The zero-order chi connectivity index (χ0) is 90.1. The van der Waals surface area contributed by atoms with Crippen molar-refractivity contribution in [2.45, 2.75) is 359 Å². The molecule has 13 atom stereocenters. The molecule has 7 rings (SSSR count). The van der Waals surface area contributed by atoms with Gasteiger partial charge in [0.15, 0.2) is 25.0 Å². The van der Waals surface area contributed by atoms with Crippen molar-refractivity contribution >= 4 is 131 Å². The van der Waals surface area contributed by atoms with E-state index in [9.17, 15) is 4.79 Å². The van der Waals surface area contributed by atoms with E-state index in [0.717, 1.165) is 12.8 Å². The van der Waals surface area contributed by atoms with E-state index in [0.29, 0.717) is 22.8 Å². The van der Waals surface area contributed by atoms with Gasteiger partial charge >= 0.3 is 331 Å². The fourth-order valence-electron chi connectivity index (χ4n) is 13.3. The first-order valence-electron chi connectivity index (χ1n) is 42.9. The molecule has 26 nitrogen and oxygen atoms in total. The number of amides is 7. The van der Waals surface area contributed by atoms with E-state index in [-0.39, 0.29) is 91.4 Å². The average Bonchev–Trinajstić information content (AvgIpc) is 1.57. The van der Waals surface area contributed by atoms with Gasteiger partial charge in [-0.15, -0.1) is 0 Å². The van der Waals surface area contributed by atoms with Crippen molar-refractivity contribution in [2.75, 3.05) is 39.8 Å². The summed E-state index contributed by atoms with van der Waals surface area (Å²) in [6.45, 7) is 69.4. The summed E-state index contributed by atoms with van der Waals surface area (Å²) >= 11 is 6.34. The van der Waals surface area contributed by atoms with Gasteiger partial charge in [-0.2, -0.15) is 0 Å². The molecule has 5 saturated heterocycles. The van der Waals surface area contributed by atoms with E-state index in [4.69, 9.17) is 61.5 Å². The molecule has 7 amide bonds. The Hall–Kier alpha value is -4.54. The fraction of sp³-hybridized carbons (Fsp3) is 0.768. The number of rotatable bonds is 37. The molecule has 0 spiro atoms. The topological polar surface area (TPSA) is 301 Å². The van der Waals surface area contributed by atoms with Gasteiger partial charge in [0.2, 0.25) is 20.1 Å². The van der Waals surface area contributed by atoms with Crippen molar-refractivity contribution in [2.24, 2.45) is 10.8 Å². The van der Waals surface area contributed by atoms with Crippen LogP contribution in [-0.2, 0) is 87.3 Å². The second-order valence-electron chi connectivity index (χ2n) is 42.9. The normalized spacial score (nSPS) is 21.6. The predicted molar refractivity (Wildman–Crippen MR) is 489 cm³/mol. The van der Waals surface area contributed by atoms with Crippen LogP contribution < -0.4 is 25.7 Å². The molecule has 4 N–H and O–H groups in total. The van der Waals surface area contributed by atoms with Crippen LogP contribution >= 0.6 is 11.6 Å². The van der Waals surface area contributed by atoms with E-state index >= 15 is 28.8 Å². The molecule has 666 valence electrons. The fourth-order valence-corrected chi connectivity index (χ4v) is 21.4. The summed E-state index contributed by atoms with van der Waals surface area (Å²) in [5.74, 6) is -3.96. The minimum atomic E-state index is -3.05. The van der Waals surface area contributed by atoms with Crippen molar-refractivity contribution in [1.82, 2.24) is 35.8 Å². The Morgan fingerprint density at radius 2 is 1.12 bits per heavy atom.